The van der Waals surface area contributed by atoms with Crippen LogP contribution in [0.3, 0.4) is 0 Å². The number of rotatable bonds is 8. The number of nitrogens with one attached hydrogen (secondary N) is 1. The van der Waals surface area contributed by atoms with Crippen LogP contribution < -0.4 is 5.32 Å². The van der Waals surface area contributed by atoms with E-state index in [2.05, 4.69) is 25.2 Å². The van der Waals surface area contributed by atoms with E-state index < -0.39 is 0 Å². The Morgan fingerprint density at radius 2 is 2.07 bits per heavy atom. The SMILES string of the molecule is CC(C)CNCC(O)CN(C)CCC#N. The number of likely N-dealkylation sites (N-methyl/N-ethyl adjacent to an activating group) is 1. The standard InChI is InChI=1S/C11H23N3O/c1-10(2)7-13-8-11(15)9-14(3)6-4-5-12/h10-11,13,15H,4,6-9H2,1-3H3. The molecule has 1 unspecified atom stereocenters. The third-order valence-electron chi connectivity index (χ3n) is 2.06. The van der Waals surface area contributed by atoms with E-state index in [0.717, 1.165) is 13.1 Å². The fourth-order valence-electron chi connectivity index (χ4n) is 1.30. The van der Waals surface area contributed by atoms with Crippen molar-refractivity contribution in [3.05, 3.63) is 0 Å². The van der Waals surface area contributed by atoms with Gasteiger partial charge in [-0.1, -0.05) is 13.8 Å². The molecule has 88 valence electrons. The molecule has 0 spiro atoms. The smallest absolute Gasteiger partial charge is 0.0791 e. The molecule has 4 nitrogen and oxygen atoms in total. The first-order valence-corrected chi connectivity index (χ1v) is 5.50. The van der Waals surface area contributed by atoms with Crippen molar-refractivity contribution in [2.24, 2.45) is 5.92 Å². The summed E-state index contributed by atoms with van der Waals surface area (Å²) in [5.41, 5.74) is 0. The van der Waals surface area contributed by atoms with Crippen molar-refractivity contribution in [1.82, 2.24) is 10.2 Å². The summed E-state index contributed by atoms with van der Waals surface area (Å²) in [4.78, 5) is 1.98. The minimum Gasteiger partial charge on any atom is -0.390 e. The zero-order chi connectivity index (χ0) is 11.7. The summed E-state index contributed by atoms with van der Waals surface area (Å²) in [6.07, 6.45) is 0.162. The summed E-state index contributed by atoms with van der Waals surface area (Å²) < 4.78 is 0. The predicted octanol–water partition coefficient (Wildman–Crippen LogP) is 0.438. The first-order chi connectivity index (χ1) is 7.06. The van der Waals surface area contributed by atoms with Crippen LogP contribution in [0, 0.1) is 17.2 Å². The molecule has 0 bridgehead atoms. The largest absolute Gasteiger partial charge is 0.390 e. The third-order valence-corrected chi connectivity index (χ3v) is 2.06. The maximum atomic E-state index is 9.64. The highest BCUT2D eigenvalue weighted by Gasteiger charge is 2.07. The Kier molecular flexibility index (Phi) is 8.30. The van der Waals surface area contributed by atoms with E-state index in [1.165, 1.54) is 0 Å². The van der Waals surface area contributed by atoms with E-state index >= 15 is 0 Å². The molecule has 0 aromatic heterocycles. The topological polar surface area (TPSA) is 59.3 Å². The molecule has 1 atom stereocenters. The number of nitriles is 1. The maximum Gasteiger partial charge on any atom is 0.0791 e. The van der Waals surface area contributed by atoms with Gasteiger partial charge in [0.15, 0.2) is 0 Å². The zero-order valence-electron chi connectivity index (χ0n) is 10.0. The molecule has 0 aromatic rings. The quantitative estimate of drug-likeness (QED) is 0.614. The highest BCUT2D eigenvalue weighted by molar-refractivity contribution is 4.72. The van der Waals surface area contributed by atoms with Gasteiger partial charge in [0.25, 0.3) is 0 Å². The Bertz CT molecular complexity index is 189. The average molecular weight is 213 g/mol. The Morgan fingerprint density at radius 1 is 1.40 bits per heavy atom. The van der Waals surface area contributed by atoms with Crippen molar-refractivity contribution in [3.8, 4) is 6.07 Å². The van der Waals surface area contributed by atoms with Crippen molar-refractivity contribution < 1.29 is 5.11 Å². The van der Waals surface area contributed by atoms with E-state index in [4.69, 9.17) is 5.26 Å². The van der Waals surface area contributed by atoms with Gasteiger partial charge in [0.2, 0.25) is 0 Å². The molecule has 0 fully saturated rings. The van der Waals surface area contributed by atoms with Crippen molar-refractivity contribution in [1.29, 1.82) is 5.26 Å². The van der Waals surface area contributed by atoms with Crippen LogP contribution in [0.15, 0.2) is 0 Å². The highest BCUT2D eigenvalue weighted by atomic mass is 16.3. The van der Waals surface area contributed by atoms with Gasteiger partial charge < -0.3 is 15.3 Å². The van der Waals surface area contributed by atoms with Gasteiger partial charge in [0.05, 0.1) is 12.2 Å². The Labute approximate surface area is 92.9 Å². The van der Waals surface area contributed by atoms with Crippen LogP contribution in [-0.4, -0.2) is 49.3 Å². The molecule has 15 heavy (non-hydrogen) atoms. The average Bonchev–Trinajstić information content (AvgIpc) is 2.14. The molecule has 2 N–H and O–H groups in total. The molecule has 0 saturated carbocycles. The second-order valence-corrected chi connectivity index (χ2v) is 4.38. The van der Waals surface area contributed by atoms with Crippen molar-refractivity contribution in [2.45, 2.75) is 26.4 Å². The summed E-state index contributed by atoms with van der Waals surface area (Å²) in [5, 5.41) is 21.2. The van der Waals surface area contributed by atoms with E-state index in [9.17, 15) is 5.11 Å². The lowest BCUT2D eigenvalue weighted by Gasteiger charge is -2.20. The monoisotopic (exact) mass is 213 g/mol. The summed E-state index contributed by atoms with van der Waals surface area (Å²) in [6, 6.07) is 2.09. The summed E-state index contributed by atoms with van der Waals surface area (Å²) in [6.45, 7) is 7.16. The van der Waals surface area contributed by atoms with Gasteiger partial charge in [-0.25, -0.2) is 0 Å². The predicted molar refractivity (Wildman–Crippen MR) is 61.4 cm³/mol. The third kappa shape index (κ3) is 9.67. The number of aliphatic hydroxyl groups excluding tert-OH is 1. The van der Waals surface area contributed by atoms with E-state index in [-0.39, 0.29) is 6.10 Å². The number of hydrogen-bond donors (Lipinski definition) is 2. The summed E-state index contributed by atoms with van der Waals surface area (Å²) >= 11 is 0. The normalized spacial score (nSPS) is 13.1. The molecule has 0 rings (SSSR count). The molecular weight excluding hydrogens is 190 g/mol. The van der Waals surface area contributed by atoms with Crippen LogP contribution in [0.1, 0.15) is 20.3 Å². The lowest BCUT2D eigenvalue weighted by atomic mass is 10.2. The summed E-state index contributed by atoms with van der Waals surface area (Å²) in [5.74, 6) is 0.605. The molecule has 0 radical (unpaired) electrons. The van der Waals surface area contributed by atoms with Crippen LogP contribution in [0.5, 0.6) is 0 Å². The van der Waals surface area contributed by atoms with E-state index in [1.54, 1.807) is 0 Å². The van der Waals surface area contributed by atoms with Crippen molar-refractivity contribution in [3.63, 3.8) is 0 Å². The first-order valence-electron chi connectivity index (χ1n) is 5.50. The second-order valence-electron chi connectivity index (χ2n) is 4.38. The molecule has 0 aromatic carbocycles. The van der Waals surface area contributed by atoms with Gasteiger partial charge in [0, 0.05) is 26.1 Å². The molecular formula is C11H23N3O. The highest BCUT2D eigenvalue weighted by Crippen LogP contribution is 1.92. The van der Waals surface area contributed by atoms with Crippen LogP contribution in [0.4, 0.5) is 0 Å². The van der Waals surface area contributed by atoms with Crippen LogP contribution in [-0.2, 0) is 0 Å². The molecule has 0 saturated heterocycles. The minimum atomic E-state index is -0.354. The van der Waals surface area contributed by atoms with E-state index in [1.807, 2.05) is 11.9 Å². The van der Waals surface area contributed by atoms with Gasteiger partial charge in [0.1, 0.15) is 0 Å². The Morgan fingerprint density at radius 3 is 2.60 bits per heavy atom. The van der Waals surface area contributed by atoms with Gasteiger partial charge in [-0.3, -0.25) is 0 Å². The zero-order valence-corrected chi connectivity index (χ0v) is 10.0. The number of aliphatic hydroxyl groups is 1. The molecule has 4 heteroatoms. The minimum absolute atomic E-state index is 0.354. The van der Waals surface area contributed by atoms with Gasteiger partial charge in [-0.2, -0.15) is 5.26 Å². The van der Waals surface area contributed by atoms with Gasteiger partial charge in [-0.15, -0.1) is 0 Å². The molecule has 0 heterocycles. The second kappa shape index (κ2) is 8.66. The lowest BCUT2D eigenvalue weighted by Crippen LogP contribution is -2.37. The van der Waals surface area contributed by atoms with Crippen LogP contribution in [0.2, 0.25) is 0 Å². The van der Waals surface area contributed by atoms with Crippen molar-refractivity contribution >= 4 is 0 Å². The molecule has 0 amide bonds. The Hall–Kier alpha value is -0.630. The number of hydrogen-bond acceptors (Lipinski definition) is 4. The maximum absolute atomic E-state index is 9.64. The van der Waals surface area contributed by atoms with E-state index in [0.29, 0.717) is 25.4 Å². The lowest BCUT2D eigenvalue weighted by molar-refractivity contribution is 0.124. The number of nitrogens with zero attached hydrogens (tertiary/aromatic N) is 2. The molecule has 0 aliphatic carbocycles. The van der Waals surface area contributed by atoms with Crippen LogP contribution >= 0.6 is 0 Å². The summed E-state index contributed by atoms with van der Waals surface area (Å²) in [7, 11) is 1.92. The molecule has 0 aliphatic rings. The van der Waals surface area contributed by atoms with Gasteiger partial charge >= 0.3 is 0 Å². The Balaban J connectivity index is 3.47. The fourth-order valence-corrected chi connectivity index (χ4v) is 1.30. The van der Waals surface area contributed by atoms with Crippen LogP contribution in [0.25, 0.3) is 0 Å². The first kappa shape index (κ1) is 14.4. The van der Waals surface area contributed by atoms with Crippen molar-refractivity contribution in [2.75, 3.05) is 33.2 Å². The van der Waals surface area contributed by atoms with Gasteiger partial charge in [-0.05, 0) is 19.5 Å². The fraction of sp³-hybridized carbons (Fsp3) is 0.909. The molecule has 0 aliphatic heterocycles.